The van der Waals surface area contributed by atoms with Crippen molar-refractivity contribution in [2.24, 2.45) is 0 Å². The quantitative estimate of drug-likeness (QED) is 0.112. The van der Waals surface area contributed by atoms with E-state index in [1.54, 1.807) is 0 Å². The number of rotatable bonds is 0. The maximum atomic E-state index is 11.8. The maximum absolute atomic E-state index is 11.8. The molecule has 10 heteroatoms. The van der Waals surface area contributed by atoms with Crippen LogP contribution < -0.4 is 0 Å². The predicted molar refractivity (Wildman–Crippen MR) is 148 cm³/mol. The van der Waals surface area contributed by atoms with E-state index in [4.69, 9.17) is 10.2 Å². The van der Waals surface area contributed by atoms with Crippen LogP contribution in [0.1, 0.15) is 33.4 Å². The Morgan fingerprint density at radius 3 is 0.850 bits per heavy atom. The Kier molecular flexibility index (Phi) is 19.3. The van der Waals surface area contributed by atoms with E-state index < -0.39 is 23.5 Å². The summed E-state index contributed by atoms with van der Waals surface area (Å²) in [5.41, 5.74) is 4.05. The first-order chi connectivity index (χ1) is 18.0. The van der Waals surface area contributed by atoms with Crippen LogP contribution in [0.5, 0.6) is 11.5 Å². The maximum Gasteiger partial charge on any atom is 2.00 e. The van der Waals surface area contributed by atoms with Crippen LogP contribution in [0, 0.1) is 27.7 Å². The fourth-order valence-electron chi connectivity index (χ4n) is 2.50. The van der Waals surface area contributed by atoms with E-state index in [9.17, 15) is 26.3 Å². The third-order valence-electron chi connectivity index (χ3n) is 5.02. The Hall–Kier alpha value is -2.58. The molecule has 0 spiro atoms. The van der Waals surface area contributed by atoms with Crippen molar-refractivity contribution in [1.29, 1.82) is 0 Å². The van der Waals surface area contributed by atoms with Gasteiger partial charge in [0.25, 0.3) is 0 Å². The molecule has 4 aromatic rings. The van der Waals surface area contributed by atoms with E-state index in [1.165, 1.54) is 22.3 Å². The third kappa shape index (κ3) is 17.2. The van der Waals surface area contributed by atoms with Crippen molar-refractivity contribution < 1.29 is 62.8 Å². The van der Waals surface area contributed by atoms with Gasteiger partial charge >= 0.3 is 38.6 Å². The molecule has 0 amide bonds. The van der Waals surface area contributed by atoms with Gasteiger partial charge in [-0.3, -0.25) is 0 Å². The minimum Gasteiger partial charge on any atom is -0.508 e. The SMILES string of the molecule is C[SiH]C.Cc1c[cH-]cc1C.Cc1c[cH-]cc1C.Oc1ccc(C(F)(F)F)cc1.Oc1ccc(C(F)(F)F)cc1.[Zr+2]. The molecule has 0 aliphatic heterocycles. The van der Waals surface area contributed by atoms with Gasteiger partial charge in [0, 0.05) is 9.52 Å². The van der Waals surface area contributed by atoms with Crippen molar-refractivity contribution in [2.75, 3.05) is 0 Å². The summed E-state index contributed by atoms with van der Waals surface area (Å²) < 4.78 is 71.0. The Morgan fingerprint density at radius 1 is 0.525 bits per heavy atom. The fraction of sp³-hybridized carbons (Fsp3) is 0.267. The van der Waals surface area contributed by atoms with Crippen molar-refractivity contribution in [3.8, 4) is 11.5 Å². The van der Waals surface area contributed by atoms with E-state index in [0.717, 1.165) is 58.1 Å². The summed E-state index contributed by atoms with van der Waals surface area (Å²) in [6.07, 6.45) is -8.65. The van der Waals surface area contributed by atoms with Gasteiger partial charge in [0.05, 0.1) is 11.1 Å². The molecular formula is C30H35F6O2SiZr. The van der Waals surface area contributed by atoms with E-state index in [-0.39, 0.29) is 37.7 Å². The predicted octanol–water partition coefficient (Wildman–Crippen LogP) is 9.38. The molecule has 0 aromatic heterocycles. The number of aryl methyl sites for hydroxylation is 4. The number of phenolic OH excluding ortho intramolecular Hbond substituents is 2. The van der Waals surface area contributed by atoms with E-state index >= 15 is 0 Å². The molecule has 0 fully saturated rings. The van der Waals surface area contributed by atoms with E-state index in [1.807, 2.05) is 0 Å². The summed E-state index contributed by atoms with van der Waals surface area (Å²) in [4.78, 5) is 0. The Morgan fingerprint density at radius 2 is 0.725 bits per heavy atom. The van der Waals surface area contributed by atoms with Crippen molar-refractivity contribution in [3.05, 3.63) is 118 Å². The summed E-state index contributed by atoms with van der Waals surface area (Å²) in [5, 5.41) is 17.3. The fourth-order valence-corrected chi connectivity index (χ4v) is 2.50. The third-order valence-corrected chi connectivity index (χ3v) is 5.02. The van der Waals surface area contributed by atoms with Crippen LogP contribution in [0.3, 0.4) is 0 Å². The second-order valence-corrected chi connectivity index (χ2v) is 9.60. The number of phenols is 2. The molecule has 2 nitrogen and oxygen atoms in total. The normalized spacial score (nSPS) is 10.1. The topological polar surface area (TPSA) is 40.5 Å². The van der Waals surface area contributed by atoms with Crippen LogP contribution in [0.15, 0.2) is 84.9 Å². The molecule has 0 bridgehead atoms. The van der Waals surface area contributed by atoms with Gasteiger partial charge in [-0.25, -0.2) is 0 Å². The van der Waals surface area contributed by atoms with Crippen LogP contribution >= 0.6 is 0 Å². The number of benzene rings is 2. The van der Waals surface area contributed by atoms with Gasteiger partial charge in [-0.15, -0.1) is 0 Å². The second kappa shape index (κ2) is 19.5. The van der Waals surface area contributed by atoms with Gasteiger partial charge in [-0.2, -0.15) is 85.0 Å². The molecule has 0 aliphatic rings. The number of aromatic hydroxyl groups is 2. The van der Waals surface area contributed by atoms with Gasteiger partial charge < -0.3 is 10.2 Å². The van der Waals surface area contributed by atoms with Crippen LogP contribution in [0.4, 0.5) is 26.3 Å². The molecule has 4 rings (SSSR count). The Labute approximate surface area is 254 Å². The molecule has 217 valence electrons. The van der Waals surface area contributed by atoms with Crippen LogP contribution in [0.25, 0.3) is 0 Å². The first-order valence-electron chi connectivity index (χ1n) is 11.9. The van der Waals surface area contributed by atoms with Crippen LogP contribution in [-0.4, -0.2) is 19.7 Å². The van der Waals surface area contributed by atoms with Gasteiger partial charge in [-0.05, 0) is 48.5 Å². The zero-order valence-corrected chi connectivity index (χ0v) is 26.9. The summed E-state index contributed by atoms with van der Waals surface area (Å²) >= 11 is 0. The molecule has 0 aliphatic carbocycles. The molecule has 40 heavy (non-hydrogen) atoms. The largest absolute Gasteiger partial charge is 2.00 e. The zero-order chi connectivity index (χ0) is 30.2. The average Bonchev–Trinajstić information content (AvgIpc) is 3.41. The van der Waals surface area contributed by atoms with E-state index in [2.05, 4.69) is 77.2 Å². The first-order valence-corrected chi connectivity index (χ1v) is 14.2. The summed E-state index contributed by atoms with van der Waals surface area (Å²) in [7, 11) is 0.750. The summed E-state index contributed by atoms with van der Waals surface area (Å²) in [6.45, 7) is 12.9. The summed E-state index contributed by atoms with van der Waals surface area (Å²) in [5.74, 6) is -0.337. The van der Waals surface area contributed by atoms with Crippen molar-refractivity contribution >= 4 is 9.52 Å². The van der Waals surface area contributed by atoms with Crippen molar-refractivity contribution in [3.63, 3.8) is 0 Å². The molecule has 4 aromatic carbocycles. The number of halogens is 6. The molecule has 0 unspecified atom stereocenters. The van der Waals surface area contributed by atoms with Gasteiger partial charge in [0.1, 0.15) is 11.5 Å². The molecule has 0 heterocycles. The standard InChI is InChI=1S/2C7H5F3O.2C7H9.C2H7Si.Zr/c2*8-7(9,10)5-1-3-6(11)4-2-5;2*1-6-4-3-5-7(6)2;1-3-2;/h2*1-4,11H;2*3-5H,1-2H3;3H,1-2H3;/q;;2*-1;;+2. The van der Waals surface area contributed by atoms with Crippen molar-refractivity contribution in [2.45, 2.75) is 53.1 Å². The van der Waals surface area contributed by atoms with Crippen LogP contribution in [-0.2, 0) is 38.6 Å². The molecule has 0 atom stereocenters. The Balaban J connectivity index is 0. The monoisotopic (exact) mass is 659 g/mol. The molecular weight excluding hydrogens is 626 g/mol. The molecule has 0 saturated heterocycles. The Bertz CT molecular complexity index is 1050. The van der Waals surface area contributed by atoms with Crippen LogP contribution in [0.2, 0.25) is 13.1 Å². The number of hydrogen-bond acceptors (Lipinski definition) is 2. The number of hydrogen-bond donors (Lipinski definition) is 2. The van der Waals surface area contributed by atoms with Gasteiger partial charge in [-0.1, -0.05) is 40.8 Å². The summed E-state index contributed by atoms with van der Waals surface area (Å²) in [6, 6.07) is 20.0. The minimum absolute atomic E-state index is 0. The second-order valence-electron chi connectivity index (χ2n) is 8.45. The van der Waals surface area contributed by atoms with E-state index in [0.29, 0.717) is 0 Å². The first kappa shape index (κ1) is 39.6. The molecule has 0 saturated carbocycles. The van der Waals surface area contributed by atoms with Gasteiger partial charge in [0.2, 0.25) is 0 Å². The zero-order valence-electron chi connectivity index (χ0n) is 23.3. The van der Waals surface area contributed by atoms with Crippen molar-refractivity contribution in [1.82, 2.24) is 0 Å². The number of alkyl halides is 6. The van der Waals surface area contributed by atoms with Gasteiger partial charge in [0.15, 0.2) is 0 Å². The smallest absolute Gasteiger partial charge is 0.508 e. The average molecular weight is 661 g/mol. The molecule has 2 N–H and O–H groups in total. The minimum atomic E-state index is -4.33. The molecule has 1 radical (unpaired) electrons.